The van der Waals surface area contributed by atoms with Gasteiger partial charge in [-0.05, 0) is 26.7 Å². The van der Waals surface area contributed by atoms with Gasteiger partial charge >= 0.3 is 5.97 Å². The summed E-state index contributed by atoms with van der Waals surface area (Å²) in [6, 6.07) is 0.157. The van der Waals surface area contributed by atoms with Crippen LogP contribution < -0.4 is 15.5 Å². The molecule has 23 heavy (non-hydrogen) atoms. The normalized spacial score (nSPS) is 18.1. The van der Waals surface area contributed by atoms with E-state index in [2.05, 4.69) is 25.6 Å². The van der Waals surface area contributed by atoms with Crippen molar-refractivity contribution in [3.63, 3.8) is 0 Å². The molecule has 1 aromatic heterocycles. The highest BCUT2D eigenvalue weighted by Crippen LogP contribution is 2.22. The standard InChI is InChI=1S/C14H24N6O3/c1-9(2)16-13-17-12(15-5-7-21)18-14(19-13)20-6-3-4-10(8-20)11(22)23/h9-10,21H,3-8H2,1-2H3,(H,22,23)(H2,15,16,17,18,19)/t10-/m0/s1. The van der Waals surface area contributed by atoms with E-state index in [0.29, 0.717) is 43.9 Å². The Morgan fingerprint density at radius 2 is 2.09 bits per heavy atom. The lowest BCUT2D eigenvalue weighted by atomic mass is 9.99. The van der Waals surface area contributed by atoms with Crippen LogP contribution in [0.25, 0.3) is 0 Å². The first-order valence-electron chi connectivity index (χ1n) is 7.84. The molecule has 128 valence electrons. The predicted molar refractivity (Wildman–Crippen MR) is 86.7 cm³/mol. The molecule has 0 aromatic carbocycles. The lowest BCUT2D eigenvalue weighted by Gasteiger charge is -2.31. The molecule has 1 fully saturated rings. The Hall–Kier alpha value is -2.16. The third-order valence-corrected chi connectivity index (χ3v) is 3.49. The molecule has 9 nitrogen and oxygen atoms in total. The van der Waals surface area contributed by atoms with Gasteiger partial charge < -0.3 is 25.7 Å². The van der Waals surface area contributed by atoms with Crippen molar-refractivity contribution in [1.82, 2.24) is 15.0 Å². The van der Waals surface area contributed by atoms with E-state index >= 15 is 0 Å². The molecule has 0 unspecified atom stereocenters. The van der Waals surface area contributed by atoms with E-state index < -0.39 is 11.9 Å². The summed E-state index contributed by atoms with van der Waals surface area (Å²) < 4.78 is 0. The first-order valence-corrected chi connectivity index (χ1v) is 7.84. The highest BCUT2D eigenvalue weighted by molar-refractivity contribution is 5.71. The molecule has 1 aromatic rings. The molecule has 1 saturated heterocycles. The van der Waals surface area contributed by atoms with E-state index in [1.807, 2.05) is 18.7 Å². The second-order valence-corrected chi connectivity index (χ2v) is 5.86. The van der Waals surface area contributed by atoms with Crippen molar-refractivity contribution in [2.75, 3.05) is 41.8 Å². The maximum absolute atomic E-state index is 11.2. The number of aliphatic hydroxyl groups is 1. The van der Waals surface area contributed by atoms with Gasteiger partial charge in [0.15, 0.2) is 0 Å². The van der Waals surface area contributed by atoms with Crippen LogP contribution in [0.15, 0.2) is 0 Å². The average Bonchev–Trinajstić information content (AvgIpc) is 2.52. The SMILES string of the molecule is CC(C)Nc1nc(NCCO)nc(N2CCC[C@H](C(=O)O)C2)n1. The van der Waals surface area contributed by atoms with Crippen LogP contribution >= 0.6 is 0 Å². The van der Waals surface area contributed by atoms with E-state index in [9.17, 15) is 9.90 Å². The minimum atomic E-state index is -0.789. The monoisotopic (exact) mass is 324 g/mol. The van der Waals surface area contributed by atoms with E-state index in [0.717, 1.165) is 6.42 Å². The van der Waals surface area contributed by atoms with E-state index in [4.69, 9.17) is 5.11 Å². The van der Waals surface area contributed by atoms with Crippen molar-refractivity contribution in [1.29, 1.82) is 0 Å². The molecule has 4 N–H and O–H groups in total. The van der Waals surface area contributed by atoms with Gasteiger partial charge in [-0.1, -0.05) is 0 Å². The smallest absolute Gasteiger partial charge is 0.308 e. The Balaban J connectivity index is 2.22. The molecule has 1 aliphatic rings. The number of carboxylic acids is 1. The summed E-state index contributed by atoms with van der Waals surface area (Å²) in [5, 5.41) is 24.2. The number of nitrogens with one attached hydrogen (secondary N) is 2. The van der Waals surface area contributed by atoms with Crippen molar-refractivity contribution >= 4 is 23.8 Å². The predicted octanol–water partition coefficient (Wildman–Crippen LogP) is 0.397. The topological polar surface area (TPSA) is 124 Å². The highest BCUT2D eigenvalue weighted by Gasteiger charge is 2.27. The van der Waals surface area contributed by atoms with Gasteiger partial charge in [0.05, 0.1) is 12.5 Å². The Bertz CT molecular complexity index is 539. The quantitative estimate of drug-likeness (QED) is 0.564. The molecule has 1 atom stereocenters. The number of aromatic nitrogens is 3. The first kappa shape index (κ1) is 17.2. The van der Waals surface area contributed by atoms with E-state index in [1.165, 1.54) is 0 Å². The van der Waals surface area contributed by atoms with Gasteiger partial charge in [-0.25, -0.2) is 0 Å². The first-order chi connectivity index (χ1) is 11.0. The Morgan fingerprint density at radius 1 is 1.35 bits per heavy atom. The van der Waals surface area contributed by atoms with E-state index in [-0.39, 0.29) is 12.6 Å². The maximum Gasteiger partial charge on any atom is 0.308 e. The summed E-state index contributed by atoms with van der Waals surface area (Å²) in [5.74, 6) is 0.0564. The van der Waals surface area contributed by atoms with Crippen molar-refractivity contribution in [2.24, 2.45) is 5.92 Å². The Morgan fingerprint density at radius 3 is 2.74 bits per heavy atom. The minimum absolute atomic E-state index is 0.0290. The molecule has 0 saturated carbocycles. The zero-order valence-electron chi connectivity index (χ0n) is 13.5. The molecular weight excluding hydrogens is 300 g/mol. The lowest BCUT2D eigenvalue weighted by Crippen LogP contribution is -2.40. The molecule has 1 aliphatic heterocycles. The summed E-state index contributed by atoms with van der Waals surface area (Å²) in [5.41, 5.74) is 0. The summed E-state index contributed by atoms with van der Waals surface area (Å²) in [7, 11) is 0. The maximum atomic E-state index is 11.2. The second kappa shape index (κ2) is 7.91. The Labute approximate surface area is 135 Å². The number of aliphatic hydroxyl groups excluding tert-OH is 1. The molecule has 9 heteroatoms. The van der Waals surface area contributed by atoms with Gasteiger partial charge in [0, 0.05) is 25.7 Å². The number of anilines is 3. The summed E-state index contributed by atoms with van der Waals surface area (Å²) in [4.78, 5) is 26.1. The minimum Gasteiger partial charge on any atom is -0.481 e. The largest absolute Gasteiger partial charge is 0.481 e. The van der Waals surface area contributed by atoms with Crippen LogP contribution in [0.1, 0.15) is 26.7 Å². The van der Waals surface area contributed by atoms with Gasteiger partial charge in [0.25, 0.3) is 0 Å². The Kier molecular flexibility index (Phi) is 5.91. The number of rotatable bonds is 7. The third kappa shape index (κ3) is 4.92. The molecule has 0 bridgehead atoms. The average molecular weight is 324 g/mol. The fourth-order valence-electron chi connectivity index (χ4n) is 2.44. The molecular formula is C14H24N6O3. The number of nitrogens with zero attached hydrogens (tertiary/aromatic N) is 4. The van der Waals surface area contributed by atoms with Crippen molar-refractivity contribution in [3.05, 3.63) is 0 Å². The van der Waals surface area contributed by atoms with Crippen molar-refractivity contribution < 1.29 is 15.0 Å². The zero-order chi connectivity index (χ0) is 16.8. The van der Waals surface area contributed by atoms with Crippen LogP contribution in [-0.2, 0) is 4.79 Å². The van der Waals surface area contributed by atoms with Gasteiger partial charge in [0.1, 0.15) is 0 Å². The molecule has 0 spiro atoms. The number of hydrogen-bond acceptors (Lipinski definition) is 8. The number of carbonyl (C=O) groups is 1. The van der Waals surface area contributed by atoms with Gasteiger partial charge in [0.2, 0.25) is 17.8 Å². The number of hydrogen-bond donors (Lipinski definition) is 4. The summed E-state index contributed by atoms with van der Waals surface area (Å²) in [6.07, 6.45) is 1.46. The van der Waals surface area contributed by atoms with Crippen LogP contribution in [0.3, 0.4) is 0 Å². The van der Waals surface area contributed by atoms with Gasteiger partial charge in [-0.3, -0.25) is 4.79 Å². The molecule has 0 aliphatic carbocycles. The number of piperidine rings is 1. The molecule has 0 radical (unpaired) electrons. The highest BCUT2D eigenvalue weighted by atomic mass is 16.4. The van der Waals surface area contributed by atoms with Crippen molar-refractivity contribution in [2.45, 2.75) is 32.7 Å². The molecule has 0 amide bonds. The lowest BCUT2D eigenvalue weighted by molar-refractivity contribution is -0.141. The second-order valence-electron chi connectivity index (χ2n) is 5.86. The van der Waals surface area contributed by atoms with Crippen LogP contribution in [0, 0.1) is 5.92 Å². The van der Waals surface area contributed by atoms with Crippen LogP contribution in [0.5, 0.6) is 0 Å². The summed E-state index contributed by atoms with van der Waals surface area (Å²) >= 11 is 0. The van der Waals surface area contributed by atoms with Crippen LogP contribution in [0.2, 0.25) is 0 Å². The third-order valence-electron chi connectivity index (χ3n) is 3.49. The molecule has 2 heterocycles. The summed E-state index contributed by atoms with van der Waals surface area (Å²) in [6.45, 7) is 5.37. The number of carboxylic acid groups (broad SMARTS) is 1. The zero-order valence-corrected chi connectivity index (χ0v) is 13.5. The van der Waals surface area contributed by atoms with Crippen molar-refractivity contribution in [3.8, 4) is 0 Å². The van der Waals surface area contributed by atoms with E-state index in [1.54, 1.807) is 0 Å². The molecule has 2 rings (SSSR count). The number of aliphatic carboxylic acids is 1. The van der Waals surface area contributed by atoms with Gasteiger partial charge in [-0.2, -0.15) is 15.0 Å². The fourth-order valence-corrected chi connectivity index (χ4v) is 2.44. The fraction of sp³-hybridized carbons (Fsp3) is 0.714. The van der Waals surface area contributed by atoms with Crippen LogP contribution in [0.4, 0.5) is 17.8 Å². The van der Waals surface area contributed by atoms with Gasteiger partial charge in [-0.15, -0.1) is 0 Å². The van der Waals surface area contributed by atoms with Crippen LogP contribution in [-0.4, -0.2) is 63.4 Å².